The molecule has 1 aliphatic rings. The Morgan fingerprint density at radius 3 is 3.19 bits per heavy atom. The van der Waals surface area contributed by atoms with E-state index in [0.29, 0.717) is 12.4 Å². The van der Waals surface area contributed by atoms with Crippen LogP contribution >= 0.6 is 0 Å². The first-order valence-corrected chi connectivity index (χ1v) is 5.40. The molecule has 1 atom stereocenters. The molecule has 0 bridgehead atoms. The third-order valence-electron chi connectivity index (χ3n) is 2.73. The fourth-order valence-electron chi connectivity index (χ4n) is 1.74. The number of piperazine rings is 1. The smallest absolute Gasteiger partial charge is 0.244 e. The fraction of sp³-hybridized carbons (Fsp3) is 0.455. The van der Waals surface area contributed by atoms with Gasteiger partial charge in [-0.25, -0.2) is 4.98 Å². The van der Waals surface area contributed by atoms with E-state index in [9.17, 15) is 4.79 Å². The molecule has 0 spiro atoms. The zero-order valence-electron chi connectivity index (χ0n) is 9.31. The summed E-state index contributed by atoms with van der Waals surface area (Å²) in [6, 6.07) is 5.35. The number of nitrogens with zero attached hydrogens (tertiary/aromatic N) is 2. The minimum Gasteiger partial charge on any atom is -0.313 e. The van der Waals surface area contributed by atoms with Gasteiger partial charge in [-0.15, -0.1) is 0 Å². The Morgan fingerprint density at radius 2 is 2.50 bits per heavy atom. The van der Waals surface area contributed by atoms with Crippen molar-refractivity contribution in [2.24, 2.45) is 0 Å². The van der Waals surface area contributed by atoms with Crippen molar-refractivity contribution >= 4 is 11.7 Å². The molecule has 2 rings (SSSR count). The zero-order chi connectivity index (χ0) is 11.4. The van der Waals surface area contributed by atoms with Crippen LogP contribution in [0.25, 0.3) is 0 Å². The number of likely N-dealkylation sites (N-methyl/N-ethyl adjacent to an activating group) is 1. The first kappa shape index (κ1) is 11.0. The normalized spacial score (nSPS) is 21.7. The van der Waals surface area contributed by atoms with Gasteiger partial charge in [0, 0.05) is 25.8 Å². The second-order valence-electron chi connectivity index (χ2n) is 3.90. The van der Waals surface area contributed by atoms with Gasteiger partial charge in [0.05, 0.1) is 0 Å². The Hall–Kier alpha value is -1.46. The van der Waals surface area contributed by atoms with Gasteiger partial charge in [0.15, 0.2) is 0 Å². The predicted molar refractivity (Wildman–Crippen MR) is 62.2 cm³/mol. The lowest BCUT2D eigenvalue weighted by Crippen LogP contribution is -2.54. The molecular weight excluding hydrogens is 204 g/mol. The van der Waals surface area contributed by atoms with Crippen molar-refractivity contribution in [3.63, 3.8) is 0 Å². The Bertz CT molecular complexity index is 354. The molecule has 1 aliphatic heterocycles. The van der Waals surface area contributed by atoms with Crippen LogP contribution in [0.1, 0.15) is 0 Å². The number of carbonyl (C=O) groups is 1. The molecule has 5 heteroatoms. The van der Waals surface area contributed by atoms with E-state index in [1.54, 1.807) is 12.3 Å². The summed E-state index contributed by atoms with van der Waals surface area (Å²) < 4.78 is 0. The second-order valence-corrected chi connectivity index (χ2v) is 3.90. The Balaban J connectivity index is 1.97. The number of hydrogen-bond donors (Lipinski definition) is 2. The third-order valence-corrected chi connectivity index (χ3v) is 2.73. The molecule has 1 saturated heterocycles. The summed E-state index contributed by atoms with van der Waals surface area (Å²) in [6.45, 7) is 2.51. The highest BCUT2D eigenvalue weighted by Crippen LogP contribution is 2.05. The molecule has 2 heterocycles. The lowest BCUT2D eigenvalue weighted by Gasteiger charge is -2.31. The number of rotatable bonds is 2. The van der Waals surface area contributed by atoms with Crippen molar-refractivity contribution in [1.29, 1.82) is 0 Å². The summed E-state index contributed by atoms with van der Waals surface area (Å²) in [5.74, 6) is 0.597. The summed E-state index contributed by atoms with van der Waals surface area (Å²) in [7, 11) is 1.96. The quantitative estimate of drug-likeness (QED) is 0.732. The summed E-state index contributed by atoms with van der Waals surface area (Å²) in [5, 5.41) is 6.02. The van der Waals surface area contributed by atoms with Gasteiger partial charge in [-0.1, -0.05) is 6.07 Å². The summed E-state index contributed by atoms with van der Waals surface area (Å²) >= 11 is 0. The van der Waals surface area contributed by atoms with Crippen molar-refractivity contribution in [3.8, 4) is 0 Å². The Morgan fingerprint density at radius 1 is 1.62 bits per heavy atom. The molecule has 1 amide bonds. The van der Waals surface area contributed by atoms with Crippen molar-refractivity contribution in [2.75, 3.05) is 32.0 Å². The van der Waals surface area contributed by atoms with Gasteiger partial charge in [-0.2, -0.15) is 0 Å². The van der Waals surface area contributed by atoms with E-state index < -0.39 is 0 Å². The minimum absolute atomic E-state index is 0.00611. The molecule has 5 nitrogen and oxygen atoms in total. The molecule has 1 fully saturated rings. The highest BCUT2D eigenvalue weighted by atomic mass is 16.2. The second kappa shape index (κ2) is 5.05. The van der Waals surface area contributed by atoms with E-state index >= 15 is 0 Å². The molecule has 2 N–H and O–H groups in total. The molecule has 1 unspecified atom stereocenters. The van der Waals surface area contributed by atoms with Crippen LogP contribution in [0.4, 0.5) is 5.82 Å². The molecule has 0 radical (unpaired) electrons. The number of amides is 1. The fourth-order valence-corrected chi connectivity index (χ4v) is 1.74. The molecule has 0 saturated carbocycles. The van der Waals surface area contributed by atoms with E-state index in [1.165, 1.54) is 0 Å². The van der Waals surface area contributed by atoms with E-state index in [1.807, 2.05) is 19.2 Å². The highest BCUT2D eigenvalue weighted by molar-refractivity contribution is 5.94. The molecule has 0 aliphatic carbocycles. The number of pyridine rings is 1. The predicted octanol–water partition coefficient (Wildman–Crippen LogP) is -0.0763. The number of anilines is 1. The van der Waals surface area contributed by atoms with E-state index in [0.717, 1.165) is 13.1 Å². The third kappa shape index (κ3) is 2.56. The van der Waals surface area contributed by atoms with Gasteiger partial charge in [-0.05, 0) is 19.2 Å². The van der Waals surface area contributed by atoms with E-state index in [4.69, 9.17) is 0 Å². The van der Waals surface area contributed by atoms with Gasteiger partial charge in [0.25, 0.3) is 0 Å². The first-order chi connectivity index (χ1) is 7.77. The maximum Gasteiger partial charge on any atom is 0.244 e. The lowest BCUT2D eigenvalue weighted by molar-refractivity contribution is -0.121. The van der Waals surface area contributed by atoms with E-state index in [2.05, 4.69) is 20.5 Å². The van der Waals surface area contributed by atoms with Crippen LogP contribution in [0.2, 0.25) is 0 Å². The molecule has 1 aromatic heterocycles. The average Bonchev–Trinajstić information content (AvgIpc) is 2.31. The monoisotopic (exact) mass is 220 g/mol. The molecule has 86 valence electrons. The van der Waals surface area contributed by atoms with Gasteiger partial charge in [0.2, 0.25) is 5.91 Å². The van der Waals surface area contributed by atoms with Crippen molar-refractivity contribution in [3.05, 3.63) is 24.4 Å². The lowest BCUT2D eigenvalue weighted by atomic mass is 10.2. The SMILES string of the molecule is CN1CCNCC1C(=O)Nc1ccccn1. The Kier molecular flexibility index (Phi) is 3.48. The van der Waals surface area contributed by atoms with Crippen LogP contribution in [0.5, 0.6) is 0 Å². The van der Waals surface area contributed by atoms with Crippen LogP contribution < -0.4 is 10.6 Å². The number of aromatic nitrogens is 1. The average molecular weight is 220 g/mol. The van der Waals surface area contributed by atoms with Crippen molar-refractivity contribution in [1.82, 2.24) is 15.2 Å². The summed E-state index contributed by atoms with van der Waals surface area (Å²) in [4.78, 5) is 18.1. The number of nitrogens with one attached hydrogen (secondary N) is 2. The maximum atomic E-state index is 11.9. The van der Waals surface area contributed by atoms with Crippen molar-refractivity contribution in [2.45, 2.75) is 6.04 Å². The molecule has 1 aromatic rings. The Labute approximate surface area is 94.9 Å². The standard InChI is InChI=1S/C11H16N4O/c1-15-7-6-12-8-9(15)11(16)14-10-4-2-3-5-13-10/h2-5,9,12H,6-8H2,1H3,(H,13,14,16). The molecule has 0 aromatic carbocycles. The van der Waals surface area contributed by atoms with Crippen molar-refractivity contribution < 1.29 is 4.79 Å². The maximum absolute atomic E-state index is 11.9. The van der Waals surface area contributed by atoms with Crippen LogP contribution in [-0.2, 0) is 4.79 Å². The van der Waals surface area contributed by atoms with Gasteiger partial charge >= 0.3 is 0 Å². The number of carbonyl (C=O) groups excluding carboxylic acids is 1. The molecule has 16 heavy (non-hydrogen) atoms. The summed E-state index contributed by atoms with van der Waals surface area (Å²) in [6.07, 6.45) is 1.67. The zero-order valence-corrected chi connectivity index (χ0v) is 9.31. The van der Waals surface area contributed by atoms with Crippen LogP contribution in [0.15, 0.2) is 24.4 Å². The first-order valence-electron chi connectivity index (χ1n) is 5.40. The molecular formula is C11H16N4O. The largest absolute Gasteiger partial charge is 0.313 e. The van der Waals surface area contributed by atoms with Gasteiger partial charge < -0.3 is 10.6 Å². The van der Waals surface area contributed by atoms with Gasteiger partial charge in [-0.3, -0.25) is 9.69 Å². The van der Waals surface area contributed by atoms with Crippen LogP contribution in [0, 0.1) is 0 Å². The minimum atomic E-state index is -0.115. The topological polar surface area (TPSA) is 57.3 Å². The van der Waals surface area contributed by atoms with Crippen LogP contribution in [0.3, 0.4) is 0 Å². The van der Waals surface area contributed by atoms with Gasteiger partial charge in [0.1, 0.15) is 11.9 Å². The van der Waals surface area contributed by atoms with E-state index in [-0.39, 0.29) is 11.9 Å². The van der Waals surface area contributed by atoms with Crippen LogP contribution in [-0.4, -0.2) is 48.5 Å². The summed E-state index contributed by atoms with van der Waals surface area (Å²) in [5.41, 5.74) is 0. The number of hydrogen-bond acceptors (Lipinski definition) is 4. The highest BCUT2D eigenvalue weighted by Gasteiger charge is 2.25.